The van der Waals surface area contributed by atoms with Crippen molar-refractivity contribution in [2.75, 3.05) is 11.9 Å². The SMILES string of the molecule is CCCOc1ccc(C#Cc2ccc(NC=O)cc2)cc1F. The van der Waals surface area contributed by atoms with E-state index in [9.17, 15) is 9.18 Å². The Morgan fingerprint density at radius 1 is 1.14 bits per heavy atom. The van der Waals surface area contributed by atoms with E-state index in [1.807, 2.05) is 6.92 Å². The van der Waals surface area contributed by atoms with Gasteiger partial charge in [0.2, 0.25) is 6.41 Å². The van der Waals surface area contributed by atoms with Crippen LogP contribution in [0.5, 0.6) is 5.75 Å². The molecule has 112 valence electrons. The van der Waals surface area contributed by atoms with E-state index in [1.165, 1.54) is 6.07 Å². The molecule has 0 aromatic heterocycles. The number of rotatable bonds is 5. The van der Waals surface area contributed by atoms with Crippen molar-refractivity contribution in [1.82, 2.24) is 0 Å². The van der Waals surface area contributed by atoms with Crippen LogP contribution in [0.4, 0.5) is 10.1 Å². The van der Waals surface area contributed by atoms with Crippen LogP contribution in [0.15, 0.2) is 42.5 Å². The van der Waals surface area contributed by atoms with E-state index < -0.39 is 5.82 Å². The van der Waals surface area contributed by atoms with E-state index in [0.717, 1.165) is 12.0 Å². The Kier molecular flexibility index (Phi) is 5.56. The maximum absolute atomic E-state index is 13.8. The molecule has 1 N–H and O–H groups in total. The Hall–Kier alpha value is -2.80. The van der Waals surface area contributed by atoms with Gasteiger partial charge in [0.15, 0.2) is 11.6 Å². The highest BCUT2D eigenvalue weighted by atomic mass is 19.1. The van der Waals surface area contributed by atoms with E-state index in [0.29, 0.717) is 24.3 Å². The van der Waals surface area contributed by atoms with E-state index in [1.54, 1.807) is 36.4 Å². The van der Waals surface area contributed by atoms with Crippen LogP contribution in [-0.2, 0) is 4.79 Å². The third-order valence-electron chi connectivity index (χ3n) is 2.86. The van der Waals surface area contributed by atoms with Crippen molar-refractivity contribution in [1.29, 1.82) is 0 Å². The van der Waals surface area contributed by atoms with Crippen molar-refractivity contribution in [2.24, 2.45) is 0 Å². The van der Waals surface area contributed by atoms with E-state index in [2.05, 4.69) is 17.2 Å². The predicted molar refractivity (Wildman–Crippen MR) is 84.3 cm³/mol. The van der Waals surface area contributed by atoms with Crippen LogP contribution in [0.2, 0.25) is 0 Å². The Morgan fingerprint density at radius 2 is 1.82 bits per heavy atom. The minimum atomic E-state index is -0.411. The maximum Gasteiger partial charge on any atom is 0.211 e. The van der Waals surface area contributed by atoms with Gasteiger partial charge in [-0.1, -0.05) is 18.8 Å². The van der Waals surface area contributed by atoms with Crippen molar-refractivity contribution in [2.45, 2.75) is 13.3 Å². The molecule has 0 fully saturated rings. The topological polar surface area (TPSA) is 38.3 Å². The number of hydrogen-bond donors (Lipinski definition) is 1. The van der Waals surface area contributed by atoms with Crippen LogP contribution in [0.1, 0.15) is 24.5 Å². The van der Waals surface area contributed by atoms with Crippen molar-refractivity contribution >= 4 is 12.1 Å². The predicted octanol–water partition coefficient (Wildman–Crippen LogP) is 3.58. The summed E-state index contributed by atoms with van der Waals surface area (Å²) in [4.78, 5) is 10.3. The van der Waals surface area contributed by atoms with Crippen LogP contribution >= 0.6 is 0 Å². The minimum Gasteiger partial charge on any atom is -0.491 e. The molecular weight excluding hydrogens is 281 g/mol. The van der Waals surface area contributed by atoms with Crippen molar-refractivity contribution in [3.8, 4) is 17.6 Å². The van der Waals surface area contributed by atoms with E-state index in [4.69, 9.17) is 4.74 Å². The first kappa shape index (κ1) is 15.6. The van der Waals surface area contributed by atoms with Crippen LogP contribution in [0.25, 0.3) is 0 Å². The van der Waals surface area contributed by atoms with Gasteiger partial charge in [-0.2, -0.15) is 0 Å². The standard InChI is InChI=1S/C18H16FNO2/c1-2-11-22-18-10-7-15(12-17(18)19)4-3-14-5-8-16(9-6-14)20-13-21/h5-10,12-13H,2,11H2,1H3,(H,20,21). The summed E-state index contributed by atoms with van der Waals surface area (Å²) in [5, 5.41) is 2.55. The molecule has 0 aliphatic rings. The van der Waals surface area contributed by atoms with Gasteiger partial charge >= 0.3 is 0 Å². The summed E-state index contributed by atoms with van der Waals surface area (Å²) in [5.41, 5.74) is 2.06. The van der Waals surface area contributed by atoms with Crippen molar-refractivity contribution in [3.05, 3.63) is 59.4 Å². The molecule has 0 spiro atoms. The average molecular weight is 297 g/mol. The molecule has 22 heavy (non-hydrogen) atoms. The number of amides is 1. The summed E-state index contributed by atoms with van der Waals surface area (Å²) in [6.07, 6.45) is 1.45. The van der Waals surface area contributed by atoms with Crippen LogP contribution in [0.3, 0.4) is 0 Å². The van der Waals surface area contributed by atoms with Gasteiger partial charge in [-0.3, -0.25) is 4.79 Å². The van der Waals surface area contributed by atoms with Gasteiger partial charge in [0, 0.05) is 16.8 Å². The molecule has 1 amide bonds. The number of carbonyl (C=O) groups excluding carboxylic acids is 1. The Morgan fingerprint density at radius 3 is 2.45 bits per heavy atom. The summed E-state index contributed by atoms with van der Waals surface area (Å²) in [6, 6.07) is 11.7. The fraction of sp³-hybridized carbons (Fsp3) is 0.167. The number of halogens is 1. The van der Waals surface area contributed by atoms with Gasteiger partial charge in [0.1, 0.15) is 0 Å². The number of nitrogens with one attached hydrogen (secondary N) is 1. The summed E-state index contributed by atoms with van der Waals surface area (Å²) in [5.74, 6) is 5.68. The lowest BCUT2D eigenvalue weighted by Crippen LogP contribution is -1.97. The number of anilines is 1. The molecule has 0 unspecified atom stereocenters. The van der Waals surface area contributed by atoms with Gasteiger partial charge < -0.3 is 10.1 Å². The Balaban J connectivity index is 2.10. The fourth-order valence-electron chi connectivity index (χ4n) is 1.77. The van der Waals surface area contributed by atoms with Gasteiger partial charge in [0.25, 0.3) is 0 Å². The number of carbonyl (C=O) groups is 1. The smallest absolute Gasteiger partial charge is 0.211 e. The third-order valence-corrected chi connectivity index (χ3v) is 2.86. The van der Waals surface area contributed by atoms with Gasteiger partial charge in [0.05, 0.1) is 6.61 Å². The molecule has 3 nitrogen and oxygen atoms in total. The second-order valence-electron chi connectivity index (χ2n) is 4.58. The van der Waals surface area contributed by atoms with Crippen LogP contribution in [0, 0.1) is 17.7 Å². The molecule has 0 atom stereocenters. The minimum absolute atomic E-state index is 0.247. The summed E-state index contributed by atoms with van der Waals surface area (Å²) in [7, 11) is 0. The first-order valence-corrected chi connectivity index (χ1v) is 6.97. The highest BCUT2D eigenvalue weighted by molar-refractivity contribution is 5.71. The van der Waals surface area contributed by atoms with Gasteiger partial charge in [-0.25, -0.2) is 4.39 Å². The lowest BCUT2D eigenvalue weighted by molar-refractivity contribution is -0.105. The molecule has 4 heteroatoms. The van der Waals surface area contributed by atoms with Crippen molar-refractivity contribution in [3.63, 3.8) is 0 Å². The molecule has 0 aliphatic heterocycles. The van der Waals surface area contributed by atoms with E-state index >= 15 is 0 Å². The molecular formula is C18H16FNO2. The molecule has 0 heterocycles. The quantitative estimate of drug-likeness (QED) is 0.676. The molecule has 2 aromatic carbocycles. The molecule has 0 aliphatic carbocycles. The second kappa shape index (κ2) is 7.84. The highest BCUT2D eigenvalue weighted by Crippen LogP contribution is 2.18. The zero-order valence-electron chi connectivity index (χ0n) is 12.2. The molecule has 0 radical (unpaired) electrons. The van der Waals surface area contributed by atoms with Crippen molar-refractivity contribution < 1.29 is 13.9 Å². The lowest BCUT2D eigenvalue weighted by atomic mass is 10.1. The summed E-state index contributed by atoms with van der Waals surface area (Å²) < 4.78 is 19.1. The lowest BCUT2D eigenvalue weighted by Gasteiger charge is -2.05. The normalized spacial score (nSPS) is 9.55. The largest absolute Gasteiger partial charge is 0.491 e. The number of ether oxygens (including phenoxy) is 1. The summed E-state index contributed by atoms with van der Waals surface area (Å²) in [6.45, 7) is 2.46. The summed E-state index contributed by atoms with van der Waals surface area (Å²) >= 11 is 0. The van der Waals surface area contributed by atoms with Crippen LogP contribution < -0.4 is 10.1 Å². The number of benzene rings is 2. The first-order valence-electron chi connectivity index (χ1n) is 6.97. The molecule has 0 saturated carbocycles. The van der Waals surface area contributed by atoms with Gasteiger partial charge in [-0.15, -0.1) is 0 Å². The monoisotopic (exact) mass is 297 g/mol. The first-order chi connectivity index (χ1) is 10.7. The molecule has 0 bridgehead atoms. The highest BCUT2D eigenvalue weighted by Gasteiger charge is 2.03. The van der Waals surface area contributed by atoms with Crippen LogP contribution in [-0.4, -0.2) is 13.0 Å². The average Bonchev–Trinajstić information content (AvgIpc) is 2.54. The zero-order chi connectivity index (χ0) is 15.8. The third kappa shape index (κ3) is 4.35. The van der Waals surface area contributed by atoms with Gasteiger partial charge in [-0.05, 0) is 48.9 Å². The molecule has 0 saturated heterocycles. The second-order valence-corrected chi connectivity index (χ2v) is 4.58. The Labute approximate surface area is 129 Å². The maximum atomic E-state index is 13.8. The number of hydrogen-bond acceptors (Lipinski definition) is 2. The van der Waals surface area contributed by atoms with E-state index in [-0.39, 0.29) is 5.75 Å². The Bertz CT molecular complexity index is 699. The zero-order valence-corrected chi connectivity index (χ0v) is 12.2. The molecule has 2 aromatic rings. The molecule has 2 rings (SSSR count). The fourth-order valence-corrected chi connectivity index (χ4v) is 1.77.